The number of benzene rings is 3. The summed E-state index contributed by atoms with van der Waals surface area (Å²) in [4.78, 5) is 56.6. The Morgan fingerprint density at radius 1 is 0.974 bits per heavy atom. The number of rotatable bonds is 3. The van der Waals surface area contributed by atoms with Gasteiger partial charge in [-0.3, -0.25) is 24.5 Å². The van der Waals surface area contributed by atoms with Gasteiger partial charge in [0.2, 0.25) is 0 Å². The van der Waals surface area contributed by atoms with Crippen molar-refractivity contribution in [2.75, 3.05) is 4.90 Å². The maximum atomic E-state index is 14.5. The Kier molecular flexibility index (Phi) is 5.46. The number of Topliss-reactive ketones (excluding diaryl/α,β-unsaturated/α-hetero) is 3. The van der Waals surface area contributed by atoms with Crippen molar-refractivity contribution in [3.63, 3.8) is 0 Å². The standard InChI is InChI=1S/C31H25ClN2O5/c1-30(2,3)29(37)26-25(18-7-6-8-20(16-18)34(38)39)31(27(35)21-9-4-5-10-22(21)28(31)36)24-14-11-17-15-19(32)12-13-23(17)33(24)26/h4-16,24-26H,1-3H3/t24-,25+,26+/m1/s1. The lowest BCUT2D eigenvalue weighted by atomic mass is 9.63. The van der Waals surface area contributed by atoms with Gasteiger partial charge in [-0.1, -0.05) is 80.9 Å². The molecular formula is C31H25ClN2O5. The van der Waals surface area contributed by atoms with Gasteiger partial charge < -0.3 is 4.90 Å². The number of carbonyl (C=O) groups is 3. The summed E-state index contributed by atoms with van der Waals surface area (Å²) in [5.41, 5.74) is -0.265. The molecule has 1 saturated heterocycles. The van der Waals surface area contributed by atoms with E-state index in [9.17, 15) is 24.5 Å². The first-order valence-corrected chi connectivity index (χ1v) is 13.1. The molecule has 3 aromatic carbocycles. The van der Waals surface area contributed by atoms with Crippen LogP contribution < -0.4 is 4.90 Å². The van der Waals surface area contributed by atoms with Gasteiger partial charge in [0.15, 0.2) is 17.3 Å². The Bertz CT molecular complexity index is 1600. The number of nitro groups is 1. The molecule has 2 heterocycles. The fourth-order valence-electron chi connectivity index (χ4n) is 6.60. The highest BCUT2D eigenvalue weighted by Crippen LogP contribution is 2.61. The summed E-state index contributed by atoms with van der Waals surface area (Å²) in [5, 5.41) is 12.3. The highest BCUT2D eigenvalue weighted by molar-refractivity contribution is 6.32. The highest BCUT2D eigenvalue weighted by atomic mass is 35.5. The molecule has 0 bridgehead atoms. The molecule has 196 valence electrons. The van der Waals surface area contributed by atoms with Gasteiger partial charge in [-0.25, -0.2) is 0 Å². The lowest BCUT2D eigenvalue weighted by molar-refractivity contribution is -0.384. The normalized spacial score (nSPS) is 22.6. The molecule has 0 unspecified atom stereocenters. The van der Waals surface area contributed by atoms with Crippen molar-refractivity contribution in [3.8, 4) is 0 Å². The van der Waals surface area contributed by atoms with Gasteiger partial charge in [-0.15, -0.1) is 0 Å². The predicted octanol–water partition coefficient (Wildman–Crippen LogP) is 6.30. The third-order valence-corrected chi connectivity index (χ3v) is 8.45. The van der Waals surface area contributed by atoms with Gasteiger partial charge in [0.25, 0.3) is 5.69 Å². The molecule has 39 heavy (non-hydrogen) atoms. The van der Waals surface area contributed by atoms with E-state index in [1.54, 1.807) is 75.4 Å². The number of nitro benzene ring substituents is 1. The predicted molar refractivity (Wildman–Crippen MR) is 148 cm³/mol. The Labute approximate surface area is 230 Å². The van der Waals surface area contributed by atoms with Crippen LogP contribution in [0.2, 0.25) is 5.02 Å². The average Bonchev–Trinajstić information content (AvgIpc) is 3.33. The molecule has 6 rings (SSSR count). The summed E-state index contributed by atoms with van der Waals surface area (Å²) in [6.07, 6.45) is 3.64. The van der Waals surface area contributed by atoms with Crippen LogP contribution in [0.15, 0.2) is 72.8 Å². The number of halogens is 1. The molecule has 3 aromatic rings. The molecule has 0 saturated carbocycles. The summed E-state index contributed by atoms with van der Waals surface area (Å²) in [6.45, 7) is 5.40. The first-order chi connectivity index (χ1) is 18.5. The smallest absolute Gasteiger partial charge is 0.269 e. The number of anilines is 1. The minimum atomic E-state index is -1.70. The van der Waals surface area contributed by atoms with Crippen molar-refractivity contribution < 1.29 is 19.3 Å². The Morgan fingerprint density at radius 2 is 1.64 bits per heavy atom. The topological polar surface area (TPSA) is 97.6 Å². The SMILES string of the molecule is CC(C)(C)C(=O)[C@@H]1[C@H](c2cccc([N+](=O)[O-])c2)C2(C(=O)c3ccccc3C2=O)[C@H]2C=Cc3cc(Cl)ccc3N12. The van der Waals surface area contributed by atoms with Crippen LogP contribution in [0, 0.1) is 20.9 Å². The van der Waals surface area contributed by atoms with Crippen molar-refractivity contribution >= 4 is 46.4 Å². The number of non-ortho nitro benzene ring substituents is 1. The number of hydrogen-bond acceptors (Lipinski definition) is 6. The van der Waals surface area contributed by atoms with Crippen molar-refractivity contribution in [3.05, 3.63) is 110 Å². The minimum absolute atomic E-state index is 0.173. The molecule has 8 heteroatoms. The number of carbonyl (C=O) groups excluding carboxylic acids is 3. The minimum Gasteiger partial charge on any atom is -0.352 e. The van der Waals surface area contributed by atoms with Gasteiger partial charge in [-0.2, -0.15) is 0 Å². The van der Waals surface area contributed by atoms with Gasteiger partial charge >= 0.3 is 0 Å². The molecule has 2 aliphatic heterocycles. The molecule has 1 aliphatic carbocycles. The van der Waals surface area contributed by atoms with Crippen LogP contribution in [0.4, 0.5) is 11.4 Å². The zero-order valence-corrected chi connectivity index (χ0v) is 22.3. The quantitative estimate of drug-likeness (QED) is 0.220. The zero-order chi connectivity index (χ0) is 27.9. The van der Waals surface area contributed by atoms with E-state index in [0.29, 0.717) is 27.4 Å². The maximum absolute atomic E-state index is 14.5. The molecule has 0 N–H and O–H groups in total. The summed E-state index contributed by atoms with van der Waals surface area (Å²) in [6, 6.07) is 16.2. The molecule has 1 spiro atoms. The van der Waals surface area contributed by atoms with E-state index in [4.69, 9.17) is 11.6 Å². The summed E-state index contributed by atoms with van der Waals surface area (Å²) >= 11 is 6.30. The maximum Gasteiger partial charge on any atom is 0.269 e. The summed E-state index contributed by atoms with van der Waals surface area (Å²) in [5.74, 6) is -1.90. The van der Waals surface area contributed by atoms with E-state index in [0.717, 1.165) is 5.56 Å². The Morgan fingerprint density at radius 3 is 2.26 bits per heavy atom. The van der Waals surface area contributed by atoms with E-state index in [-0.39, 0.29) is 23.0 Å². The van der Waals surface area contributed by atoms with Gasteiger partial charge in [0, 0.05) is 45.3 Å². The van der Waals surface area contributed by atoms with Gasteiger partial charge in [0.05, 0.1) is 17.0 Å². The first kappa shape index (κ1) is 25.2. The van der Waals surface area contributed by atoms with E-state index >= 15 is 0 Å². The second-order valence-corrected chi connectivity index (χ2v) is 11.8. The van der Waals surface area contributed by atoms with Crippen molar-refractivity contribution in [2.45, 2.75) is 38.8 Å². The van der Waals surface area contributed by atoms with Crippen LogP contribution in [-0.2, 0) is 4.79 Å². The number of nitrogens with zero attached hydrogens (tertiary/aromatic N) is 2. The fraction of sp³-hybridized carbons (Fsp3) is 0.258. The average molecular weight is 541 g/mol. The van der Waals surface area contributed by atoms with Crippen molar-refractivity contribution in [2.24, 2.45) is 10.8 Å². The van der Waals surface area contributed by atoms with E-state index in [1.807, 2.05) is 11.0 Å². The van der Waals surface area contributed by atoms with Gasteiger partial charge in [0.1, 0.15) is 5.41 Å². The molecule has 1 fully saturated rings. The second kappa shape index (κ2) is 8.45. The first-order valence-electron chi connectivity index (χ1n) is 12.7. The van der Waals surface area contributed by atoms with Crippen LogP contribution in [0.5, 0.6) is 0 Å². The van der Waals surface area contributed by atoms with Crippen molar-refractivity contribution in [1.82, 2.24) is 0 Å². The molecule has 7 nitrogen and oxygen atoms in total. The molecular weight excluding hydrogens is 516 g/mol. The van der Waals surface area contributed by atoms with E-state index in [2.05, 4.69) is 0 Å². The fourth-order valence-corrected chi connectivity index (χ4v) is 6.78. The lowest BCUT2D eigenvalue weighted by Gasteiger charge is -2.38. The molecule has 3 atom stereocenters. The Balaban J connectivity index is 1.71. The van der Waals surface area contributed by atoms with Crippen molar-refractivity contribution in [1.29, 1.82) is 0 Å². The largest absolute Gasteiger partial charge is 0.352 e. The van der Waals surface area contributed by atoms with Crippen LogP contribution in [0.1, 0.15) is 58.5 Å². The highest BCUT2D eigenvalue weighted by Gasteiger charge is 2.72. The molecule has 0 amide bonds. The van der Waals surface area contributed by atoms with Gasteiger partial charge in [-0.05, 0) is 29.3 Å². The second-order valence-electron chi connectivity index (χ2n) is 11.4. The monoisotopic (exact) mass is 540 g/mol. The number of fused-ring (bicyclic) bond motifs is 5. The number of ketones is 3. The van der Waals surface area contributed by atoms with Crippen LogP contribution in [-0.4, -0.2) is 34.4 Å². The van der Waals surface area contributed by atoms with Crippen LogP contribution in [0.25, 0.3) is 6.08 Å². The molecule has 0 aromatic heterocycles. The lowest BCUT2D eigenvalue weighted by Crippen LogP contribution is -2.49. The van der Waals surface area contributed by atoms with E-state index in [1.165, 1.54) is 18.2 Å². The van der Waals surface area contributed by atoms with E-state index < -0.39 is 33.8 Å². The third-order valence-electron chi connectivity index (χ3n) is 8.21. The van der Waals surface area contributed by atoms with Crippen LogP contribution >= 0.6 is 11.6 Å². The third kappa shape index (κ3) is 3.39. The van der Waals surface area contributed by atoms with Crippen LogP contribution in [0.3, 0.4) is 0 Å². The number of hydrogen-bond donors (Lipinski definition) is 0. The summed E-state index contributed by atoms with van der Waals surface area (Å²) < 4.78 is 0. The molecule has 3 aliphatic rings. The zero-order valence-electron chi connectivity index (χ0n) is 21.6. The molecule has 0 radical (unpaired) electrons. The Hall–Kier alpha value is -4.10. The summed E-state index contributed by atoms with van der Waals surface area (Å²) in [7, 11) is 0.